The molecule has 0 spiro atoms. The topological polar surface area (TPSA) is 75.7 Å². The number of halogens is 1. The Labute approximate surface area is 121 Å². The summed E-state index contributed by atoms with van der Waals surface area (Å²) >= 11 is 3.08. The minimum absolute atomic E-state index is 0.102. The molecule has 1 aliphatic heterocycles. The van der Waals surface area contributed by atoms with Crippen molar-refractivity contribution in [1.29, 1.82) is 0 Å². The Balaban J connectivity index is 2.67. The van der Waals surface area contributed by atoms with E-state index in [1.807, 2.05) is 6.92 Å². The van der Waals surface area contributed by atoms with Gasteiger partial charge in [-0.3, -0.25) is 14.4 Å². The molecule has 1 saturated heterocycles. The molecule has 0 aromatic heterocycles. The number of carbonyl (C=O) groups is 3. The number of nitrogens with one attached hydrogen (secondary N) is 1. The number of hydrogen-bond donors (Lipinski definition) is 1. The van der Waals surface area contributed by atoms with Crippen molar-refractivity contribution in [1.82, 2.24) is 10.2 Å². The van der Waals surface area contributed by atoms with Crippen molar-refractivity contribution in [3.8, 4) is 0 Å². The molecule has 0 radical (unpaired) electrons. The fraction of sp³-hybridized carbons (Fsp3) is 0.750. The molecule has 6 nitrogen and oxygen atoms in total. The minimum Gasteiger partial charge on any atom is -0.463 e. The smallest absolute Gasteiger partial charge is 0.308 e. The first-order valence-electron chi connectivity index (χ1n) is 6.32. The van der Waals surface area contributed by atoms with Gasteiger partial charge in [-0.15, -0.1) is 0 Å². The van der Waals surface area contributed by atoms with Gasteiger partial charge in [-0.1, -0.05) is 22.9 Å². The Hall–Kier alpha value is -1.11. The number of carbonyl (C=O) groups excluding carboxylic acids is 3. The Bertz CT molecular complexity index is 362. The molecule has 1 heterocycles. The zero-order valence-electron chi connectivity index (χ0n) is 11.1. The number of nitrogens with zero attached hydrogens (tertiary/aromatic N) is 1. The van der Waals surface area contributed by atoms with Crippen LogP contribution in [0.2, 0.25) is 0 Å². The molecular formula is C12H19BrN2O4. The highest BCUT2D eigenvalue weighted by Gasteiger charge is 2.34. The minimum atomic E-state index is -0.768. The highest BCUT2D eigenvalue weighted by molar-refractivity contribution is 9.09. The molecule has 2 amide bonds. The standard InChI is InChI=1S/C12H19BrN2O4/c1-3-8(2)19-11(17)6-9-12(18)14-4-5-15(9)10(16)7-13/h8-9H,3-7H2,1-2H3,(H,14,18)/t8-,9+/m1/s1. The zero-order valence-corrected chi connectivity index (χ0v) is 12.7. The molecule has 0 aromatic rings. The molecule has 7 heteroatoms. The van der Waals surface area contributed by atoms with Gasteiger partial charge in [0.05, 0.1) is 17.9 Å². The highest BCUT2D eigenvalue weighted by Crippen LogP contribution is 2.12. The molecule has 0 aromatic carbocycles. The van der Waals surface area contributed by atoms with E-state index in [9.17, 15) is 14.4 Å². The third-order valence-corrected chi connectivity index (χ3v) is 3.51. The predicted molar refractivity (Wildman–Crippen MR) is 72.8 cm³/mol. The van der Waals surface area contributed by atoms with E-state index in [0.717, 1.165) is 0 Å². The summed E-state index contributed by atoms with van der Waals surface area (Å²) in [5.41, 5.74) is 0. The molecule has 1 aliphatic rings. The molecule has 1 rings (SSSR count). The Morgan fingerprint density at radius 1 is 1.58 bits per heavy atom. The molecule has 0 bridgehead atoms. The van der Waals surface area contributed by atoms with E-state index in [4.69, 9.17) is 4.74 Å². The lowest BCUT2D eigenvalue weighted by Gasteiger charge is -2.34. The number of piperazine rings is 1. The van der Waals surface area contributed by atoms with Crippen molar-refractivity contribution in [3.05, 3.63) is 0 Å². The average molecular weight is 335 g/mol. The first-order chi connectivity index (χ1) is 8.99. The maximum Gasteiger partial charge on any atom is 0.308 e. The van der Waals surface area contributed by atoms with E-state index in [-0.39, 0.29) is 29.7 Å². The first-order valence-corrected chi connectivity index (χ1v) is 7.44. The number of rotatable bonds is 5. The molecule has 2 atom stereocenters. The first kappa shape index (κ1) is 15.9. The van der Waals surface area contributed by atoms with Gasteiger partial charge in [0.2, 0.25) is 11.8 Å². The van der Waals surface area contributed by atoms with Crippen LogP contribution in [-0.2, 0) is 19.1 Å². The monoisotopic (exact) mass is 334 g/mol. The van der Waals surface area contributed by atoms with Gasteiger partial charge in [-0.05, 0) is 13.3 Å². The zero-order chi connectivity index (χ0) is 14.4. The van der Waals surface area contributed by atoms with Gasteiger partial charge in [0.15, 0.2) is 0 Å². The molecule has 108 valence electrons. The lowest BCUT2D eigenvalue weighted by Crippen LogP contribution is -2.58. The summed E-state index contributed by atoms with van der Waals surface area (Å²) in [4.78, 5) is 36.7. The molecule has 19 heavy (non-hydrogen) atoms. The van der Waals surface area contributed by atoms with Crippen molar-refractivity contribution in [2.75, 3.05) is 18.4 Å². The second-order valence-corrected chi connectivity index (χ2v) is 5.00. The second-order valence-electron chi connectivity index (χ2n) is 4.44. The van der Waals surface area contributed by atoms with Crippen LogP contribution in [0.25, 0.3) is 0 Å². The van der Waals surface area contributed by atoms with E-state index in [2.05, 4.69) is 21.2 Å². The summed E-state index contributed by atoms with van der Waals surface area (Å²) in [7, 11) is 0. The maximum atomic E-state index is 11.8. The van der Waals surface area contributed by atoms with E-state index in [0.29, 0.717) is 19.5 Å². The van der Waals surface area contributed by atoms with Crippen LogP contribution in [0.4, 0.5) is 0 Å². The van der Waals surface area contributed by atoms with Crippen LogP contribution in [0.3, 0.4) is 0 Å². The van der Waals surface area contributed by atoms with Crippen LogP contribution < -0.4 is 5.32 Å². The summed E-state index contributed by atoms with van der Waals surface area (Å²) in [6.45, 7) is 4.53. The molecular weight excluding hydrogens is 316 g/mol. The van der Waals surface area contributed by atoms with E-state index in [1.165, 1.54) is 4.90 Å². The van der Waals surface area contributed by atoms with Gasteiger partial charge in [0, 0.05) is 13.1 Å². The molecule has 1 fully saturated rings. The lowest BCUT2D eigenvalue weighted by molar-refractivity contribution is -0.154. The van der Waals surface area contributed by atoms with Gasteiger partial charge >= 0.3 is 5.97 Å². The number of alkyl halides is 1. The van der Waals surface area contributed by atoms with Gasteiger partial charge in [0.1, 0.15) is 6.04 Å². The van der Waals surface area contributed by atoms with Crippen LogP contribution in [0.5, 0.6) is 0 Å². The number of ether oxygens (including phenoxy) is 1. The number of amides is 2. The van der Waals surface area contributed by atoms with Gasteiger partial charge < -0.3 is 15.0 Å². The largest absolute Gasteiger partial charge is 0.463 e. The summed E-state index contributed by atoms with van der Waals surface area (Å²) in [6.07, 6.45) is 0.432. The molecule has 0 aliphatic carbocycles. The number of esters is 1. The van der Waals surface area contributed by atoms with Crippen LogP contribution in [0.1, 0.15) is 26.7 Å². The van der Waals surface area contributed by atoms with Gasteiger partial charge in [-0.25, -0.2) is 0 Å². The van der Waals surface area contributed by atoms with Crippen LogP contribution in [0.15, 0.2) is 0 Å². The number of hydrogen-bond acceptors (Lipinski definition) is 4. The fourth-order valence-corrected chi connectivity index (χ4v) is 2.13. The third kappa shape index (κ3) is 4.49. The van der Waals surface area contributed by atoms with Crippen LogP contribution >= 0.6 is 15.9 Å². The quantitative estimate of drug-likeness (QED) is 0.584. The summed E-state index contributed by atoms with van der Waals surface area (Å²) < 4.78 is 5.14. The SMILES string of the molecule is CC[C@@H](C)OC(=O)C[C@H]1C(=O)NCCN1C(=O)CBr. The average Bonchev–Trinajstić information content (AvgIpc) is 2.39. The van der Waals surface area contributed by atoms with Crippen molar-refractivity contribution in [3.63, 3.8) is 0 Å². The normalized spacial score (nSPS) is 20.7. The Kier molecular flexibility index (Phi) is 6.27. The van der Waals surface area contributed by atoms with E-state index >= 15 is 0 Å². The van der Waals surface area contributed by atoms with Crippen LogP contribution in [-0.4, -0.2) is 53.2 Å². The lowest BCUT2D eigenvalue weighted by atomic mass is 10.1. The van der Waals surface area contributed by atoms with E-state index < -0.39 is 12.0 Å². The molecule has 0 unspecified atom stereocenters. The predicted octanol–water partition coefficient (Wildman–Crippen LogP) is 0.440. The second kappa shape index (κ2) is 7.47. The fourth-order valence-electron chi connectivity index (χ4n) is 1.81. The summed E-state index contributed by atoms with van der Waals surface area (Å²) in [5, 5.41) is 2.79. The van der Waals surface area contributed by atoms with Gasteiger partial charge in [0.25, 0.3) is 0 Å². The third-order valence-electron chi connectivity index (χ3n) is 3.03. The van der Waals surface area contributed by atoms with Crippen molar-refractivity contribution < 1.29 is 19.1 Å². The summed E-state index contributed by atoms with van der Waals surface area (Å²) in [6, 6.07) is -0.768. The summed E-state index contributed by atoms with van der Waals surface area (Å²) in [5.74, 6) is -0.957. The Morgan fingerprint density at radius 3 is 2.84 bits per heavy atom. The van der Waals surface area contributed by atoms with Gasteiger partial charge in [-0.2, -0.15) is 0 Å². The maximum absolute atomic E-state index is 11.8. The highest BCUT2D eigenvalue weighted by atomic mass is 79.9. The van der Waals surface area contributed by atoms with Crippen LogP contribution in [0, 0.1) is 0 Å². The van der Waals surface area contributed by atoms with Crippen molar-refractivity contribution in [2.24, 2.45) is 0 Å². The van der Waals surface area contributed by atoms with Crippen molar-refractivity contribution >= 4 is 33.7 Å². The van der Waals surface area contributed by atoms with Crippen molar-refractivity contribution in [2.45, 2.75) is 38.8 Å². The molecule has 1 N–H and O–H groups in total. The molecule has 0 saturated carbocycles. The Morgan fingerprint density at radius 2 is 2.26 bits per heavy atom. The van der Waals surface area contributed by atoms with E-state index in [1.54, 1.807) is 6.92 Å².